The third kappa shape index (κ3) is 3.68. The smallest absolute Gasteiger partial charge is 0.167 e. The van der Waals surface area contributed by atoms with Crippen LogP contribution in [0.1, 0.15) is 30.7 Å². The number of hydrogen-bond donors (Lipinski definition) is 1. The van der Waals surface area contributed by atoms with Gasteiger partial charge in [0.05, 0.1) is 24.0 Å². The lowest BCUT2D eigenvalue weighted by Crippen LogP contribution is -2.43. The molecule has 1 N–H and O–H groups in total. The van der Waals surface area contributed by atoms with Gasteiger partial charge in [-0.15, -0.1) is 0 Å². The van der Waals surface area contributed by atoms with E-state index in [1.807, 2.05) is 49.3 Å². The van der Waals surface area contributed by atoms with Crippen LogP contribution in [0.25, 0.3) is 11.0 Å². The van der Waals surface area contributed by atoms with Gasteiger partial charge in [-0.2, -0.15) is 5.10 Å². The van der Waals surface area contributed by atoms with E-state index >= 15 is 0 Å². The second-order valence-electron chi connectivity index (χ2n) is 7.16. The molecular formula is C21H23Cl2N5O. The molecule has 0 radical (unpaired) electrons. The van der Waals surface area contributed by atoms with Crippen molar-refractivity contribution in [3.8, 4) is 0 Å². The maximum absolute atomic E-state index is 6.53. The lowest BCUT2D eigenvalue weighted by molar-refractivity contribution is -0.139. The molecule has 1 atom stereocenters. The standard InChI is InChI=1S/C21H23Cl2N5O/c1-4-28-20-17(14(2)26-28)9-15(11-25-20)12-29-21(3,27-8-7-24-13-27)18-6-5-16(22)10-19(18)23/h5-11,24H,4,12-13H2,1-3H3. The highest BCUT2D eigenvalue weighted by molar-refractivity contribution is 6.35. The Hall–Kier alpha value is -2.28. The van der Waals surface area contributed by atoms with Crippen LogP contribution in [0.5, 0.6) is 0 Å². The van der Waals surface area contributed by atoms with Gasteiger partial charge in [0.2, 0.25) is 0 Å². The van der Waals surface area contributed by atoms with E-state index in [0.29, 0.717) is 23.3 Å². The molecule has 4 rings (SSSR count). The third-order valence-corrected chi connectivity index (χ3v) is 5.81. The van der Waals surface area contributed by atoms with Crippen LogP contribution in [0.3, 0.4) is 0 Å². The Balaban J connectivity index is 1.66. The van der Waals surface area contributed by atoms with Gasteiger partial charge in [0.1, 0.15) is 0 Å². The van der Waals surface area contributed by atoms with Crippen molar-refractivity contribution in [2.45, 2.75) is 39.6 Å². The monoisotopic (exact) mass is 431 g/mol. The first-order valence-electron chi connectivity index (χ1n) is 9.50. The minimum absolute atomic E-state index is 0.374. The molecule has 1 aliphatic heterocycles. The number of ether oxygens (including phenoxy) is 1. The number of nitrogens with one attached hydrogen (secondary N) is 1. The molecule has 0 bridgehead atoms. The van der Waals surface area contributed by atoms with Crippen molar-refractivity contribution in [1.82, 2.24) is 25.0 Å². The van der Waals surface area contributed by atoms with Crippen molar-refractivity contribution in [2.24, 2.45) is 0 Å². The maximum Gasteiger partial charge on any atom is 0.167 e. The number of fused-ring (bicyclic) bond motifs is 1. The number of pyridine rings is 1. The van der Waals surface area contributed by atoms with Gasteiger partial charge in [0.25, 0.3) is 0 Å². The lowest BCUT2D eigenvalue weighted by atomic mass is 10.0. The number of nitrogens with zero attached hydrogens (tertiary/aromatic N) is 4. The average molecular weight is 432 g/mol. The molecule has 0 spiro atoms. The molecule has 1 aliphatic rings. The highest BCUT2D eigenvalue weighted by Crippen LogP contribution is 2.37. The normalized spacial score (nSPS) is 15.7. The Labute approximate surface area is 180 Å². The van der Waals surface area contributed by atoms with Crippen LogP contribution in [0.2, 0.25) is 10.0 Å². The molecule has 8 heteroatoms. The molecule has 152 valence electrons. The summed E-state index contributed by atoms with van der Waals surface area (Å²) in [5, 5.41) is 9.94. The molecule has 0 fully saturated rings. The number of hydrogen-bond acceptors (Lipinski definition) is 5. The Morgan fingerprint density at radius 1 is 1.28 bits per heavy atom. The lowest BCUT2D eigenvalue weighted by Gasteiger charge is -2.39. The van der Waals surface area contributed by atoms with Crippen LogP contribution in [0.15, 0.2) is 42.9 Å². The predicted molar refractivity (Wildman–Crippen MR) is 116 cm³/mol. The van der Waals surface area contributed by atoms with Crippen LogP contribution in [-0.4, -0.2) is 26.3 Å². The molecule has 2 aromatic heterocycles. The van der Waals surface area contributed by atoms with Crippen LogP contribution in [0, 0.1) is 6.92 Å². The number of benzene rings is 1. The molecule has 0 aliphatic carbocycles. The Morgan fingerprint density at radius 3 is 2.79 bits per heavy atom. The summed E-state index contributed by atoms with van der Waals surface area (Å²) in [5.41, 5.74) is 2.90. The molecular weight excluding hydrogens is 409 g/mol. The molecule has 29 heavy (non-hydrogen) atoms. The highest BCUT2D eigenvalue weighted by Gasteiger charge is 2.36. The average Bonchev–Trinajstić information content (AvgIpc) is 3.35. The number of aryl methyl sites for hydroxylation is 2. The summed E-state index contributed by atoms with van der Waals surface area (Å²) in [7, 11) is 0. The second-order valence-corrected chi connectivity index (χ2v) is 8.00. The van der Waals surface area contributed by atoms with E-state index in [1.165, 1.54) is 0 Å². The van der Waals surface area contributed by atoms with Crippen molar-refractivity contribution in [3.63, 3.8) is 0 Å². The molecule has 3 heterocycles. The summed E-state index contributed by atoms with van der Waals surface area (Å²) >= 11 is 12.6. The van der Waals surface area contributed by atoms with E-state index in [4.69, 9.17) is 27.9 Å². The molecule has 0 saturated carbocycles. The Kier molecular flexibility index (Phi) is 5.42. The van der Waals surface area contributed by atoms with Crippen molar-refractivity contribution in [1.29, 1.82) is 0 Å². The van der Waals surface area contributed by atoms with Crippen LogP contribution >= 0.6 is 23.2 Å². The molecule has 3 aromatic rings. The van der Waals surface area contributed by atoms with E-state index in [9.17, 15) is 0 Å². The van der Waals surface area contributed by atoms with E-state index in [2.05, 4.69) is 33.3 Å². The number of halogens is 2. The zero-order valence-corrected chi connectivity index (χ0v) is 18.1. The number of rotatable bonds is 6. The SMILES string of the molecule is CCn1nc(C)c2cc(COC(C)(c3ccc(Cl)cc3Cl)N3C=CNC3)cnc21. The summed E-state index contributed by atoms with van der Waals surface area (Å²) < 4.78 is 8.38. The fourth-order valence-corrected chi connectivity index (χ4v) is 4.18. The summed E-state index contributed by atoms with van der Waals surface area (Å²) in [5.74, 6) is 0. The predicted octanol–water partition coefficient (Wildman–Crippen LogP) is 4.79. The summed E-state index contributed by atoms with van der Waals surface area (Å²) in [6.07, 6.45) is 5.70. The van der Waals surface area contributed by atoms with Gasteiger partial charge in [0.15, 0.2) is 11.4 Å². The molecule has 0 saturated heterocycles. The summed E-state index contributed by atoms with van der Waals surface area (Å²) in [4.78, 5) is 6.67. The van der Waals surface area contributed by atoms with Crippen LogP contribution in [0.4, 0.5) is 0 Å². The van der Waals surface area contributed by atoms with Crippen molar-refractivity contribution < 1.29 is 4.74 Å². The Bertz CT molecular complexity index is 1080. The van der Waals surface area contributed by atoms with Gasteiger partial charge in [-0.1, -0.05) is 29.3 Å². The van der Waals surface area contributed by atoms with E-state index < -0.39 is 5.72 Å². The summed E-state index contributed by atoms with van der Waals surface area (Å²) in [6.45, 7) is 7.84. The first-order chi connectivity index (χ1) is 13.9. The fraction of sp³-hybridized carbons (Fsp3) is 0.333. The molecule has 6 nitrogen and oxygen atoms in total. The van der Waals surface area contributed by atoms with Gasteiger partial charge in [-0.3, -0.25) is 0 Å². The topological polar surface area (TPSA) is 55.2 Å². The van der Waals surface area contributed by atoms with Gasteiger partial charge in [-0.25, -0.2) is 9.67 Å². The van der Waals surface area contributed by atoms with Gasteiger partial charge >= 0.3 is 0 Å². The maximum atomic E-state index is 6.53. The Morgan fingerprint density at radius 2 is 2.10 bits per heavy atom. The van der Waals surface area contributed by atoms with Crippen molar-refractivity contribution in [3.05, 3.63) is 69.7 Å². The minimum atomic E-state index is -0.778. The molecule has 0 amide bonds. The quantitative estimate of drug-likeness (QED) is 0.607. The minimum Gasteiger partial charge on any atom is -0.372 e. The molecule has 1 unspecified atom stereocenters. The second kappa shape index (κ2) is 7.86. The van der Waals surface area contributed by atoms with Crippen molar-refractivity contribution in [2.75, 3.05) is 6.67 Å². The highest BCUT2D eigenvalue weighted by atomic mass is 35.5. The zero-order valence-electron chi connectivity index (χ0n) is 16.6. The number of aromatic nitrogens is 3. The zero-order chi connectivity index (χ0) is 20.6. The van der Waals surface area contributed by atoms with Gasteiger partial charge in [-0.05, 0) is 44.5 Å². The summed E-state index contributed by atoms with van der Waals surface area (Å²) in [6, 6.07) is 7.57. The van der Waals surface area contributed by atoms with Gasteiger partial charge in [0, 0.05) is 41.1 Å². The first kappa shape index (κ1) is 20.0. The van der Waals surface area contributed by atoms with E-state index in [-0.39, 0.29) is 0 Å². The first-order valence-corrected chi connectivity index (χ1v) is 10.3. The van der Waals surface area contributed by atoms with Crippen LogP contribution < -0.4 is 5.32 Å². The third-order valence-electron chi connectivity index (χ3n) is 5.26. The van der Waals surface area contributed by atoms with Crippen molar-refractivity contribution >= 4 is 34.2 Å². The molecule has 1 aromatic carbocycles. The van der Waals surface area contributed by atoms with Gasteiger partial charge < -0.3 is 15.0 Å². The van der Waals surface area contributed by atoms with E-state index in [1.54, 1.807) is 6.07 Å². The van der Waals surface area contributed by atoms with Crippen LogP contribution in [-0.2, 0) is 23.6 Å². The van der Waals surface area contributed by atoms with E-state index in [0.717, 1.165) is 34.4 Å². The fourth-order valence-electron chi connectivity index (χ4n) is 3.60. The largest absolute Gasteiger partial charge is 0.372 e.